The first-order chi connectivity index (χ1) is 11.5. The lowest BCUT2D eigenvalue weighted by Gasteiger charge is -2.00. The molecule has 0 saturated carbocycles. The lowest BCUT2D eigenvalue weighted by atomic mass is 10.2. The van der Waals surface area contributed by atoms with E-state index in [-0.39, 0.29) is 18.2 Å². The zero-order valence-electron chi connectivity index (χ0n) is 13.0. The highest BCUT2D eigenvalue weighted by Gasteiger charge is 2.15. The van der Waals surface area contributed by atoms with E-state index >= 15 is 0 Å². The lowest BCUT2D eigenvalue weighted by molar-refractivity contribution is -0.115. The van der Waals surface area contributed by atoms with Crippen molar-refractivity contribution in [3.05, 3.63) is 46.6 Å². The Morgan fingerprint density at radius 2 is 2.12 bits per heavy atom. The fraction of sp³-hybridized carbons (Fsp3) is 0.200. The molecular formula is C15H14N4O4S. The number of thiazole rings is 1. The highest BCUT2D eigenvalue weighted by molar-refractivity contribution is 7.14. The summed E-state index contributed by atoms with van der Waals surface area (Å²) in [6, 6.07) is 3.21. The van der Waals surface area contributed by atoms with Gasteiger partial charge in [0.05, 0.1) is 23.9 Å². The standard InChI is InChI=1S/C15H14N4O4S/c1-8-5-12(19-23-8)17-13(20)6-10-7-24-15(16-10)18-14(21)11-3-4-22-9(11)2/h3-5,7H,6H2,1-2H3,(H,16,18,21)(H,17,19,20). The highest BCUT2D eigenvalue weighted by atomic mass is 32.1. The summed E-state index contributed by atoms with van der Waals surface area (Å²) in [5.41, 5.74) is 1.00. The number of rotatable bonds is 5. The summed E-state index contributed by atoms with van der Waals surface area (Å²) >= 11 is 1.25. The van der Waals surface area contributed by atoms with Crippen molar-refractivity contribution < 1.29 is 18.5 Å². The number of anilines is 2. The van der Waals surface area contributed by atoms with E-state index in [9.17, 15) is 9.59 Å². The molecule has 0 fully saturated rings. The van der Waals surface area contributed by atoms with Gasteiger partial charge in [0.15, 0.2) is 10.9 Å². The summed E-state index contributed by atoms with van der Waals surface area (Å²) in [5, 5.41) is 11.1. The van der Waals surface area contributed by atoms with Gasteiger partial charge in [-0.2, -0.15) is 0 Å². The molecule has 0 aromatic carbocycles. The van der Waals surface area contributed by atoms with Crippen LogP contribution in [0.2, 0.25) is 0 Å². The van der Waals surface area contributed by atoms with Gasteiger partial charge in [0, 0.05) is 11.4 Å². The summed E-state index contributed by atoms with van der Waals surface area (Å²) in [7, 11) is 0. The smallest absolute Gasteiger partial charge is 0.260 e. The summed E-state index contributed by atoms with van der Waals surface area (Å²) in [4.78, 5) is 28.2. The van der Waals surface area contributed by atoms with Crippen LogP contribution >= 0.6 is 11.3 Å². The molecule has 8 nitrogen and oxygen atoms in total. The minimum Gasteiger partial charge on any atom is -0.469 e. The van der Waals surface area contributed by atoms with E-state index in [4.69, 9.17) is 8.94 Å². The topological polar surface area (TPSA) is 110 Å². The first-order valence-corrected chi connectivity index (χ1v) is 7.92. The number of nitrogens with zero attached hydrogens (tertiary/aromatic N) is 2. The quantitative estimate of drug-likeness (QED) is 0.735. The van der Waals surface area contributed by atoms with Crippen molar-refractivity contribution in [2.75, 3.05) is 10.6 Å². The van der Waals surface area contributed by atoms with E-state index in [1.165, 1.54) is 17.6 Å². The van der Waals surface area contributed by atoms with E-state index in [1.807, 2.05) is 0 Å². The molecule has 0 aliphatic carbocycles. The van der Waals surface area contributed by atoms with E-state index in [0.717, 1.165) is 0 Å². The third-order valence-corrected chi connectivity index (χ3v) is 3.92. The molecule has 3 aromatic heterocycles. The van der Waals surface area contributed by atoms with E-state index in [1.54, 1.807) is 31.4 Å². The summed E-state index contributed by atoms with van der Waals surface area (Å²) in [5.74, 6) is 0.934. The summed E-state index contributed by atoms with van der Waals surface area (Å²) < 4.78 is 9.97. The average Bonchev–Trinajstić information content (AvgIpc) is 3.22. The molecule has 0 radical (unpaired) electrons. The Morgan fingerprint density at radius 1 is 1.29 bits per heavy atom. The zero-order chi connectivity index (χ0) is 17.1. The maximum absolute atomic E-state index is 12.1. The highest BCUT2D eigenvalue weighted by Crippen LogP contribution is 2.18. The fourth-order valence-electron chi connectivity index (χ4n) is 2.01. The van der Waals surface area contributed by atoms with Crippen molar-refractivity contribution >= 4 is 34.1 Å². The van der Waals surface area contributed by atoms with Crippen molar-refractivity contribution in [2.45, 2.75) is 20.3 Å². The van der Waals surface area contributed by atoms with Crippen molar-refractivity contribution in [3.8, 4) is 0 Å². The second-order valence-electron chi connectivity index (χ2n) is 5.04. The number of carbonyl (C=O) groups is 2. The van der Waals surface area contributed by atoms with Crippen LogP contribution in [-0.4, -0.2) is 22.0 Å². The van der Waals surface area contributed by atoms with E-state index in [2.05, 4.69) is 20.8 Å². The molecule has 24 heavy (non-hydrogen) atoms. The molecule has 0 atom stereocenters. The number of carbonyl (C=O) groups excluding carboxylic acids is 2. The first-order valence-electron chi connectivity index (χ1n) is 7.04. The second kappa shape index (κ2) is 6.67. The number of hydrogen-bond donors (Lipinski definition) is 2. The van der Waals surface area contributed by atoms with Crippen LogP contribution in [0.25, 0.3) is 0 Å². The molecule has 0 bridgehead atoms. The summed E-state index contributed by atoms with van der Waals surface area (Å²) in [6.45, 7) is 3.44. The van der Waals surface area contributed by atoms with Crippen LogP contribution in [0.3, 0.4) is 0 Å². The van der Waals surface area contributed by atoms with Crippen molar-refractivity contribution in [3.63, 3.8) is 0 Å². The van der Waals surface area contributed by atoms with Gasteiger partial charge in [0.1, 0.15) is 11.5 Å². The largest absolute Gasteiger partial charge is 0.469 e. The lowest BCUT2D eigenvalue weighted by Crippen LogP contribution is -2.15. The maximum Gasteiger partial charge on any atom is 0.260 e. The number of aromatic nitrogens is 2. The molecule has 0 aliphatic heterocycles. The predicted octanol–water partition coefficient (Wildman–Crippen LogP) is 2.77. The molecule has 0 aliphatic rings. The Kier molecular flexibility index (Phi) is 4.43. The van der Waals surface area contributed by atoms with Crippen LogP contribution in [0.4, 0.5) is 10.9 Å². The van der Waals surface area contributed by atoms with Gasteiger partial charge in [-0.05, 0) is 19.9 Å². The molecule has 3 heterocycles. The Labute approximate surface area is 140 Å². The molecule has 0 saturated heterocycles. The van der Waals surface area contributed by atoms with Crippen LogP contribution < -0.4 is 10.6 Å². The maximum atomic E-state index is 12.1. The number of furan rings is 1. The van der Waals surface area contributed by atoms with E-state index < -0.39 is 0 Å². The molecule has 3 aromatic rings. The Balaban J connectivity index is 1.58. The predicted molar refractivity (Wildman–Crippen MR) is 87.1 cm³/mol. The van der Waals surface area contributed by atoms with Crippen molar-refractivity contribution in [1.29, 1.82) is 0 Å². The fourth-order valence-corrected chi connectivity index (χ4v) is 2.71. The van der Waals surface area contributed by atoms with Gasteiger partial charge in [-0.3, -0.25) is 14.9 Å². The molecule has 124 valence electrons. The minimum absolute atomic E-state index is 0.0724. The summed E-state index contributed by atoms with van der Waals surface area (Å²) in [6.07, 6.45) is 1.52. The number of nitrogens with one attached hydrogen (secondary N) is 2. The van der Waals surface area contributed by atoms with Gasteiger partial charge < -0.3 is 14.3 Å². The average molecular weight is 346 g/mol. The molecule has 0 spiro atoms. The first kappa shape index (κ1) is 15.9. The molecule has 2 N–H and O–H groups in total. The molecule has 3 rings (SSSR count). The van der Waals surface area contributed by atoms with Gasteiger partial charge in [-0.1, -0.05) is 5.16 Å². The normalized spacial score (nSPS) is 10.6. The molecular weight excluding hydrogens is 332 g/mol. The zero-order valence-corrected chi connectivity index (χ0v) is 13.8. The van der Waals surface area contributed by atoms with Crippen LogP contribution in [0.15, 0.2) is 32.7 Å². The van der Waals surface area contributed by atoms with Crippen LogP contribution in [-0.2, 0) is 11.2 Å². The molecule has 0 unspecified atom stereocenters. The van der Waals surface area contributed by atoms with Gasteiger partial charge in [0.25, 0.3) is 5.91 Å². The van der Waals surface area contributed by atoms with Crippen LogP contribution in [0, 0.1) is 13.8 Å². The van der Waals surface area contributed by atoms with Gasteiger partial charge in [-0.25, -0.2) is 4.98 Å². The third kappa shape index (κ3) is 3.69. The van der Waals surface area contributed by atoms with Crippen LogP contribution in [0.1, 0.15) is 27.6 Å². The Bertz CT molecular complexity index is 880. The Morgan fingerprint density at radius 3 is 2.79 bits per heavy atom. The van der Waals surface area contributed by atoms with Crippen molar-refractivity contribution in [2.24, 2.45) is 0 Å². The van der Waals surface area contributed by atoms with E-state index in [0.29, 0.717) is 33.7 Å². The SMILES string of the molecule is Cc1cc(NC(=O)Cc2csc(NC(=O)c3ccoc3C)n2)no1. The van der Waals surface area contributed by atoms with Gasteiger partial charge in [0.2, 0.25) is 5.91 Å². The second-order valence-corrected chi connectivity index (χ2v) is 5.89. The van der Waals surface area contributed by atoms with Gasteiger partial charge >= 0.3 is 0 Å². The number of hydrogen-bond acceptors (Lipinski definition) is 7. The van der Waals surface area contributed by atoms with Crippen molar-refractivity contribution in [1.82, 2.24) is 10.1 Å². The third-order valence-electron chi connectivity index (χ3n) is 3.11. The molecule has 2 amide bonds. The van der Waals surface area contributed by atoms with Crippen LogP contribution in [0.5, 0.6) is 0 Å². The Hall–Kier alpha value is -2.94. The monoisotopic (exact) mass is 346 g/mol. The molecule has 9 heteroatoms. The number of amides is 2. The number of aryl methyl sites for hydroxylation is 2. The van der Waals surface area contributed by atoms with Gasteiger partial charge in [-0.15, -0.1) is 11.3 Å². The minimum atomic E-state index is -0.301.